The lowest BCUT2D eigenvalue weighted by molar-refractivity contribution is -0.140. The van der Waals surface area contributed by atoms with Crippen molar-refractivity contribution < 1.29 is 32.2 Å². The first kappa shape index (κ1) is 23.4. The van der Waals surface area contributed by atoms with Crippen molar-refractivity contribution in [1.29, 1.82) is 0 Å². The second-order valence-electron chi connectivity index (χ2n) is 9.04. The second kappa shape index (κ2) is 9.74. The molecular formula is C28H25F3O4. The van der Waals surface area contributed by atoms with Gasteiger partial charge in [-0.15, -0.1) is 0 Å². The van der Waals surface area contributed by atoms with Gasteiger partial charge in [0.1, 0.15) is 17.7 Å². The van der Waals surface area contributed by atoms with Crippen LogP contribution in [0, 0.1) is 23.4 Å². The molecule has 3 aromatic carbocycles. The number of esters is 1. The molecule has 35 heavy (non-hydrogen) atoms. The molecular weight excluding hydrogens is 457 g/mol. The Morgan fingerprint density at radius 1 is 0.914 bits per heavy atom. The van der Waals surface area contributed by atoms with Crippen LogP contribution in [0.5, 0.6) is 11.5 Å². The van der Waals surface area contributed by atoms with Crippen molar-refractivity contribution in [3.8, 4) is 22.6 Å². The van der Waals surface area contributed by atoms with E-state index in [9.17, 15) is 18.0 Å². The summed E-state index contributed by atoms with van der Waals surface area (Å²) in [5.41, 5.74) is 2.03. The Morgan fingerprint density at radius 2 is 1.63 bits per heavy atom. The van der Waals surface area contributed by atoms with Gasteiger partial charge in [0.15, 0.2) is 11.6 Å². The Balaban J connectivity index is 1.21. The fraction of sp³-hybridized carbons (Fsp3) is 0.321. The molecule has 5 rings (SSSR count). The van der Waals surface area contributed by atoms with E-state index in [0.717, 1.165) is 5.56 Å². The second-order valence-corrected chi connectivity index (χ2v) is 9.04. The average molecular weight is 482 g/mol. The average Bonchev–Trinajstić information content (AvgIpc) is 3.72. The summed E-state index contributed by atoms with van der Waals surface area (Å²) in [7, 11) is 1.52. The highest BCUT2D eigenvalue weighted by Gasteiger charge is 2.31. The summed E-state index contributed by atoms with van der Waals surface area (Å²) in [6.07, 6.45) is 2.31. The summed E-state index contributed by atoms with van der Waals surface area (Å²) in [6.45, 7) is 0.554. The van der Waals surface area contributed by atoms with Gasteiger partial charge in [0.05, 0.1) is 19.6 Å². The maximum atomic E-state index is 14.7. The maximum Gasteiger partial charge on any atom is 0.314 e. The molecule has 1 aliphatic heterocycles. The van der Waals surface area contributed by atoms with Crippen LogP contribution in [0.4, 0.5) is 13.2 Å². The van der Waals surface area contributed by atoms with Crippen molar-refractivity contribution in [2.45, 2.75) is 37.7 Å². The summed E-state index contributed by atoms with van der Waals surface area (Å²) in [4.78, 5) is 12.7. The lowest BCUT2D eigenvalue weighted by Gasteiger charge is -2.27. The number of ether oxygens (including phenoxy) is 3. The van der Waals surface area contributed by atoms with Gasteiger partial charge in [0.2, 0.25) is 5.82 Å². The van der Waals surface area contributed by atoms with E-state index in [1.165, 1.54) is 19.2 Å². The van der Waals surface area contributed by atoms with Crippen molar-refractivity contribution >= 4 is 5.97 Å². The molecule has 2 fully saturated rings. The number of carbonyl (C=O) groups is 1. The topological polar surface area (TPSA) is 48.1 Å². The number of benzene rings is 3. The Hall–Kier alpha value is -3.32. The van der Waals surface area contributed by atoms with Crippen LogP contribution >= 0.6 is 0 Å². The molecule has 0 bridgehead atoms. The van der Waals surface area contributed by atoms with Crippen molar-refractivity contribution in [2.24, 2.45) is 5.92 Å². The molecule has 1 atom stereocenters. The highest BCUT2D eigenvalue weighted by atomic mass is 19.2. The van der Waals surface area contributed by atoms with Gasteiger partial charge in [-0.2, -0.15) is 4.39 Å². The third-order valence-electron chi connectivity index (χ3n) is 6.90. The molecule has 0 spiro atoms. The maximum absolute atomic E-state index is 14.7. The first-order valence-electron chi connectivity index (χ1n) is 11.7. The van der Waals surface area contributed by atoms with Gasteiger partial charge in [-0.3, -0.25) is 4.79 Å². The number of halogens is 3. The van der Waals surface area contributed by atoms with Crippen LogP contribution in [0.2, 0.25) is 0 Å². The third kappa shape index (κ3) is 4.91. The number of rotatable bonds is 6. The fourth-order valence-corrected chi connectivity index (χ4v) is 4.74. The number of methoxy groups -OCH3 is 1. The van der Waals surface area contributed by atoms with E-state index in [-0.39, 0.29) is 23.4 Å². The number of hydrogen-bond acceptors (Lipinski definition) is 4. The zero-order valence-corrected chi connectivity index (χ0v) is 19.2. The number of epoxide rings is 1. The van der Waals surface area contributed by atoms with E-state index >= 15 is 0 Å². The summed E-state index contributed by atoms with van der Waals surface area (Å²) < 4.78 is 59.3. The minimum absolute atomic E-state index is 0.0666. The Labute approximate surface area is 201 Å². The molecule has 0 N–H and O–H groups in total. The first-order chi connectivity index (χ1) is 16.9. The molecule has 7 heteroatoms. The minimum atomic E-state index is -1.20. The standard InChI is InChI=1S/C28H25F3O4/c1-33-20-9-6-17(7-10-20)21-12-13-24(27(31)26(21)30)35-28(32)18-4-2-16(3-5-18)19-8-11-22(23(29)14-19)25-15-34-25/h6-14,16,18,25H,2-5,15H2,1H3. The predicted molar refractivity (Wildman–Crippen MR) is 124 cm³/mol. The highest BCUT2D eigenvalue weighted by molar-refractivity contribution is 5.76. The van der Waals surface area contributed by atoms with E-state index in [1.807, 2.05) is 6.07 Å². The SMILES string of the molecule is COc1ccc(-c2ccc(OC(=O)C3CCC(c4ccc(C5CO5)c(F)c4)CC3)c(F)c2F)cc1. The van der Waals surface area contributed by atoms with E-state index in [2.05, 4.69) is 0 Å². The van der Waals surface area contributed by atoms with Crippen molar-refractivity contribution in [2.75, 3.05) is 13.7 Å². The smallest absolute Gasteiger partial charge is 0.314 e. The van der Waals surface area contributed by atoms with Crippen LogP contribution in [0.25, 0.3) is 11.1 Å². The van der Waals surface area contributed by atoms with E-state index in [1.54, 1.807) is 36.4 Å². The van der Waals surface area contributed by atoms with Crippen LogP contribution in [0.3, 0.4) is 0 Å². The van der Waals surface area contributed by atoms with Gasteiger partial charge in [-0.1, -0.05) is 24.3 Å². The summed E-state index contributed by atoms with van der Waals surface area (Å²) >= 11 is 0. The molecule has 1 aliphatic carbocycles. The Morgan fingerprint density at radius 3 is 2.26 bits per heavy atom. The van der Waals surface area contributed by atoms with Gasteiger partial charge in [-0.25, -0.2) is 8.78 Å². The van der Waals surface area contributed by atoms with Crippen molar-refractivity contribution in [3.05, 3.63) is 83.2 Å². The zero-order chi connectivity index (χ0) is 24.5. The zero-order valence-electron chi connectivity index (χ0n) is 19.2. The predicted octanol–water partition coefficient (Wildman–Crippen LogP) is 6.73. The molecule has 1 saturated heterocycles. The van der Waals surface area contributed by atoms with Crippen LogP contribution in [0.15, 0.2) is 54.6 Å². The van der Waals surface area contributed by atoms with Crippen LogP contribution < -0.4 is 9.47 Å². The molecule has 0 amide bonds. The van der Waals surface area contributed by atoms with Crippen LogP contribution in [-0.2, 0) is 9.53 Å². The minimum Gasteiger partial charge on any atom is -0.497 e. The van der Waals surface area contributed by atoms with Gasteiger partial charge in [0.25, 0.3) is 0 Å². The largest absolute Gasteiger partial charge is 0.497 e. The molecule has 0 radical (unpaired) electrons. The van der Waals surface area contributed by atoms with Crippen molar-refractivity contribution in [3.63, 3.8) is 0 Å². The summed E-state index contributed by atoms with van der Waals surface area (Å²) in [5.74, 6) is -3.22. The molecule has 0 aromatic heterocycles. The molecule has 1 heterocycles. The van der Waals surface area contributed by atoms with Gasteiger partial charge in [-0.05, 0) is 73.1 Å². The highest BCUT2D eigenvalue weighted by Crippen LogP contribution is 2.39. The number of hydrogen-bond donors (Lipinski definition) is 0. The summed E-state index contributed by atoms with van der Waals surface area (Å²) in [6, 6.07) is 14.5. The molecule has 3 aromatic rings. The Kier molecular flexibility index (Phi) is 6.52. The number of carbonyl (C=O) groups excluding carboxylic acids is 1. The third-order valence-corrected chi connectivity index (χ3v) is 6.90. The molecule has 2 aliphatic rings. The summed E-state index contributed by atoms with van der Waals surface area (Å²) in [5, 5.41) is 0. The quantitative estimate of drug-likeness (QED) is 0.222. The Bertz CT molecular complexity index is 1230. The monoisotopic (exact) mass is 482 g/mol. The van der Waals surface area contributed by atoms with Gasteiger partial charge < -0.3 is 14.2 Å². The van der Waals surface area contributed by atoms with E-state index in [0.29, 0.717) is 49.2 Å². The van der Waals surface area contributed by atoms with Crippen LogP contribution in [0.1, 0.15) is 48.8 Å². The van der Waals surface area contributed by atoms with Crippen molar-refractivity contribution in [1.82, 2.24) is 0 Å². The van der Waals surface area contributed by atoms with Crippen LogP contribution in [-0.4, -0.2) is 19.7 Å². The molecule has 1 saturated carbocycles. The molecule has 4 nitrogen and oxygen atoms in total. The lowest BCUT2D eigenvalue weighted by atomic mass is 9.78. The van der Waals surface area contributed by atoms with Gasteiger partial charge in [0, 0.05) is 11.1 Å². The van der Waals surface area contributed by atoms with E-state index < -0.39 is 29.3 Å². The lowest BCUT2D eigenvalue weighted by Crippen LogP contribution is -2.25. The van der Waals surface area contributed by atoms with Gasteiger partial charge >= 0.3 is 5.97 Å². The van der Waals surface area contributed by atoms with E-state index in [4.69, 9.17) is 14.2 Å². The fourth-order valence-electron chi connectivity index (χ4n) is 4.74. The molecule has 1 unspecified atom stereocenters. The normalized spacial score (nSPS) is 21.4. The molecule has 182 valence electrons. The first-order valence-corrected chi connectivity index (χ1v) is 11.7.